The summed E-state index contributed by atoms with van der Waals surface area (Å²) in [6.07, 6.45) is 3.62. The van der Waals surface area contributed by atoms with E-state index in [-0.39, 0.29) is 5.92 Å². The molecular weight excluding hydrogens is 240 g/mol. The van der Waals surface area contributed by atoms with Gasteiger partial charge in [0.2, 0.25) is 0 Å². The number of nitrogens with zero attached hydrogens (tertiary/aromatic N) is 1. The Hall–Kier alpha value is -1.62. The molecule has 104 valence electrons. The molecule has 0 amide bonds. The molecule has 0 radical (unpaired) electrons. The van der Waals surface area contributed by atoms with Crippen molar-refractivity contribution in [1.29, 1.82) is 5.41 Å². The zero-order valence-electron chi connectivity index (χ0n) is 11.6. The largest absolute Gasteiger partial charge is 0.398 e. The van der Waals surface area contributed by atoms with E-state index in [0.717, 1.165) is 37.4 Å². The predicted molar refractivity (Wildman–Crippen MR) is 77.8 cm³/mol. The number of rotatable bonds is 4. The van der Waals surface area contributed by atoms with Crippen molar-refractivity contribution < 1.29 is 4.74 Å². The van der Waals surface area contributed by atoms with Crippen molar-refractivity contribution in [3.63, 3.8) is 0 Å². The van der Waals surface area contributed by atoms with Crippen molar-refractivity contribution >= 4 is 17.2 Å². The lowest BCUT2D eigenvalue weighted by Crippen LogP contribution is -2.29. The molecule has 0 saturated carbocycles. The first kappa shape index (κ1) is 13.8. The highest BCUT2D eigenvalue weighted by atomic mass is 16.5. The third-order valence-corrected chi connectivity index (χ3v) is 3.39. The van der Waals surface area contributed by atoms with E-state index in [1.165, 1.54) is 0 Å². The zero-order chi connectivity index (χ0) is 13.8. The summed E-state index contributed by atoms with van der Waals surface area (Å²) >= 11 is 0. The van der Waals surface area contributed by atoms with Crippen LogP contribution in [0.3, 0.4) is 0 Å². The molecule has 5 nitrogen and oxygen atoms in total. The highest BCUT2D eigenvalue weighted by Crippen LogP contribution is 2.25. The van der Waals surface area contributed by atoms with E-state index in [4.69, 9.17) is 15.9 Å². The highest BCUT2D eigenvalue weighted by molar-refractivity contribution is 6.07. The second kappa shape index (κ2) is 6.02. The lowest BCUT2D eigenvalue weighted by Gasteiger charge is -2.25. The van der Waals surface area contributed by atoms with Crippen molar-refractivity contribution in [3.05, 3.63) is 17.8 Å². The van der Waals surface area contributed by atoms with Crippen LogP contribution in [0.1, 0.15) is 32.3 Å². The first-order chi connectivity index (χ1) is 9.09. The smallest absolute Gasteiger partial charge is 0.137 e. The standard InChI is InChI=1S/C14H22N4O/c1-9(2)13(16)12-11(15)3-6-17-14(12)18-10-4-7-19-8-5-10/h3,6,9-10,16H,4-5,7-8H2,1-2H3,(H3,15,17,18). The predicted octanol–water partition coefficient (Wildman–Crippen LogP) is 2.28. The summed E-state index contributed by atoms with van der Waals surface area (Å²) in [5, 5.41) is 11.6. The quantitative estimate of drug-likeness (QED) is 0.727. The van der Waals surface area contributed by atoms with Crippen molar-refractivity contribution in [2.45, 2.75) is 32.7 Å². The van der Waals surface area contributed by atoms with Crippen LogP contribution in [0.25, 0.3) is 0 Å². The van der Waals surface area contributed by atoms with Gasteiger partial charge in [0.1, 0.15) is 5.82 Å². The Morgan fingerprint density at radius 1 is 1.47 bits per heavy atom. The third-order valence-electron chi connectivity index (χ3n) is 3.39. The molecule has 1 aliphatic rings. The fraction of sp³-hybridized carbons (Fsp3) is 0.571. The molecule has 2 heterocycles. The van der Waals surface area contributed by atoms with Crippen molar-refractivity contribution in [2.75, 3.05) is 24.3 Å². The average molecular weight is 262 g/mol. The van der Waals surface area contributed by atoms with Crippen molar-refractivity contribution in [2.24, 2.45) is 5.92 Å². The Morgan fingerprint density at radius 2 is 2.16 bits per heavy atom. The fourth-order valence-electron chi connectivity index (χ4n) is 2.19. The van der Waals surface area contributed by atoms with Gasteiger partial charge < -0.3 is 21.2 Å². The minimum absolute atomic E-state index is 0.127. The molecule has 1 fully saturated rings. The van der Waals surface area contributed by atoms with Crippen LogP contribution >= 0.6 is 0 Å². The van der Waals surface area contributed by atoms with Crippen LogP contribution in [-0.4, -0.2) is 30.0 Å². The maximum Gasteiger partial charge on any atom is 0.137 e. The molecular formula is C14H22N4O. The Kier molecular flexibility index (Phi) is 4.37. The van der Waals surface area contributed by atoms with Crippen LogP contribution < -0.4 is 11.1 Å². The molecule has 1 aromatic rings. The van der Waals surface area contributed by atoms with Gasteiger partial charge in [-0.1, -0.05) is 13.8 Å². The molecule has 1 saturated heterocycles. The topological polar surface area (TPSA) is 84.0 Å². The molecule has 0 aromatic carbocycles. The summed E-state index contributed by atoms with van der Waals surface area (Å²) in [6.45, 7) is 5.54. The molecule has 0 unspecified atom stereocenters. The van der Waals surface area contributed by atoms with Crippen molar-refractivity contribution in [3.8, 4) is 0 Å². The van der Waals surface area contributed by atoms with Crippen LogP contribution in [0.15, 0.2) is 12.3 Å². The summed E-state index contributed by atoms with van der Waals surface area (Å²) in [6, 6.07) is 2.10. The minimum atomic E-state index is 0.127. The molecule has 19 heavy (non-hydrogen) atoms. The van der Waals surface area contributed by atoms with Crippen LogP contribution in [-0.2, 0) is 4.74 Å². The number of aromatic nitrogens is 1. The lowest BCUT2D eigenvalue weighted by atomic mass is 9.98. The summed E-state index contributed by atoms with van der Waals surface area (Å²) in [5.41, 5.74) is 7.90. The molecule has 0 atom stereocenters. The Balaban J connectivity index is 2.23. The van der Waals surface area contributed by atoms with Gasteiger partial charge in [-0.25, -0.2) is 4.98 Å². The van der Waals surface area contributed by atoms with E-state index in [1.54, 1.807) is 12.3 Å². The Morgan fingerprint density at radius 3 is 2.79 bits per heavy atom. The zero-order valence-corrected chi connectivity index (χ0v) is 11.6. The summed E-state index contributed by atoms with van der Waals surface area (Å²) < 4.78 is 5.35. The lowest BCUT2D eigenvalue weighted by molar-refractivity contribution is 0.0904. The molecule has 2 rings (SSSR count). The van der Waals surface area contributed by atoms with Gasteiger partial charge in [-0.15, -0.1) is 0 Å². The number of nitrogen functional groups attached to an aromatic ring is 1. The van der Waals surface area contributed by atoms with E-state index in [9.17, 15) is 0 Å². The molecule has 0 aliphatic carbocycles. The summed E-state index contributed by atoms with van der Waals surface area (Å²) in [4.78, 5) is 4.36. The van der Waals surface area contributed by atoms with Crippen LogP contribution in [0, 0.1) is 11.3 Å². The number of hydrogen-bond donors (Lipinski definition) is 3. The number of anilines is 2. The van der Waals surface area contributed by atoms with Crippen LogP contribution in [0.5, 0.6) is 0 Å². The fourth-order valence-corrected chi connectivity index (χ4v) is 2.19. The Bertz CT molecular complexity index is 453. The maximum absolute atomic E-state index is 8.20. The third kappa shape index (κ3) is 3.23. The maximum atomic E-state index is 8.20. The van der Waals surface area contributed by atoms with Gasteiger partial charge in [-0.2, -0.15) is 0 Å². The van der Waals surface area contributed by atoms with E-state index in [1.807, 2.05) is 13.8 Å². The average Bonchev–Trinajstić information content (AvgIpc) is 2.39. The summed E-state index contributed by atoms with van der Waals surface area (Å²) in [7, 11) is 0. The molecule has 4 N–H and O–H groups in total. The van der Waals surface area contributed by atoms with E-state index in [2.05, 4.69) is 10.3 Å². The van der Waals surface area contributed by atoms with Gasteiger partial charge in [0.15, 0.2) is 0 Å². The van der Waals surface area contributed by atoms with Crippen molar-refractivity contribution in [1.82, 2.24) is 4.98 Å². The summed E-state index contributed by atoms with van der Waals surface area (Å²) in [5.74, 6) is 0.854. The van der Waals surface area contributed by atoms with Gasteiger partial charge in [-0.3, -0.25) is 0 Å². The first-order valence-electron chi connectivity index (χ1n) is 6.77. The van der Waals surface area contributed by atoms with Gasteiger partial charge in [0.25, 0.3) is 0 Å². The number of pyridine rings is 1. The van der Waals surface area contributed by atoms with Crippen LogP contribution in [0.2, 0.25) is 0 Å². The monoisotopic (exact) mass is 262 g/mol. The second-order valence-corrected chi connectivity index (χ2v) is 5.22. The minimum Gasteiger partial charge on any atom is -0.398 e. The normalized spacial score (nSPS) is 16.6. The van der Waals surface area contributed by atoms with E-state index >= 15 is 0 Å². The van der Waals surface area contributed by atoms with E-state index < -0.39 is 0 Å². The number of nitrogens with one attached hydrogen (secondary N) is 2. The van der Waals surface area contributed by atoms with E-state index in [0.29, 0.717) is 17.4 Å². The molecule has 1 aliphatic heterocycles. The van der Waals surface area contributed by atoms with Gasteiger partial charge in [-0.05, 0) is 24.8 Å². The first-order valence-corrected chi connectivity index (χ1v) is 6.77. The SMILES string of the molecule is CC(C)C(=N)c1c(N)ccnc1NC1CCOCC1. The molecule has 1 aromatic heterocycles. The molecule has 0 spiro atoms. The van der Waals surface area contributed by atoms with Gasteiger partial charge in [0.05, 0.1) is 5.56 Å². The van der Waals surface area contributed by atoms with Crippen LogP contribution in [0.4, 0.5) is 11.5 Å². The van der Waals surface area contributed by atoms with Gasteiger partial charge in [0, 0.05) is 36.9 Å². The Labute approximate surface area is 114 Å². The molecule has 0 bridgehead atoms. The highest BCUT2D eigenvalue weighted by Gasteiger charge is 2.19. The number of nitrogens with two attached hydrogens (primary N) is 1. The second-order valence-electron chi connectivity index (χ2n) is 5.22. The number of hydrogen-bond acceptors (Lipinski definition) is 5. The molecule has 5 heteroatoms. The van der Waals surface area contributed by atoms with Gasteiger partial charge >= 0.3 is 0 Å². The number of ether oxygens (including phenoxy) is 1.